The van der Waals surface area contributed by atoms with E-state index < -0.39 is 5.97 Å². The van der Waals surface area contributed by atoms with Crippen LogP contribution in [0.1, 0.15) is 36.8 Å². The molecule has 1 aliphatic heterocycles. The van der Waals surface area contributed by atoms with E-state index in [4.69, 9.17) is 9.47 Å². The Kier molecular flexibility index (Phi) is 3.89. The summed E-state index contributed by atoms with van der Waals surface area (Å²) in [6.07, 6.45) is 3.97. The van der Waals surface area contributed by atoms with Crippen molar-refractivity contribution in [1.82, 2.24) is 0 Å². The first kappa shape index (κ1) is 14.4. The summed E-state index contributed by atoms with van der Waals surface area (Å²) in [5, 5.41) is 9.26. The van der Waals surface area contributed by atoms with Crippen molar-refractivity contribution < 1.29 is 19.4 Å². The molecule has 0 saturated carbocycles. The van der Waals surface area contributed by atoms with E-state index in [0.29, 0.717) is 0 Å². The summed E-state index contributed by atoms with van der Waals surface area (Å²) in [6.45, 7) is 1.45. The van der Waals surface area contributed by atoms with Crippen molar-refractivity contribution in [2.45, 2.75) is 37.5 Å². The molecule has 1 fully saturated rings. The first-order valence-electron chi connectivity index (χ1n) is 7.62. The van der Waals surface area contributed by atoms with E-state index in [0.717, 1.165) is 44.6 Å². The number of fused-ring (bicyclic) bond motifs is 2. The highest BCUT2D eigenvalue weighted by molar-refractivity contribution is 5.67. The normalized spacial score (nSPS) is 23.6. The lowest BCUT2D eigenvalue weighted by molar-refractivity contribution is -0.139. The minimum Gasteiger partial charge on any atom is -0.497 e. The van der Waals surface area contributed by atoms with Crippen LogP contribution in [-0.4, -0.2) is 31.4 Å². The van der Waals surface area contributed by atoms with Crippen LogP contribution >= 0.6 is 0 Å². The predicted molar refractivity (Wildman–Crippen MR) is 78.8 cm³/mol. The van der Waals surface area contributed by atoms with Crippen LogP contribution in [0.15, 0.2) is 18.2 Å². The molecule has 1 atom stereocenters. The van der Waals surface area contributed by atoms with E-state index in [1.807, 2.05) is 6.07 Å². The van der Waals surface area contributed by atoms with Crippen molar-refractivity contribution in [3.05, 3.63) is 29.3 Å². The molecule has 114 valence electrons. The molecule has 4 nitrogen and oxygen atoms in total. The van der Waals surface area contributed by atoms with Gasteiger partial charge in [0.1, 0.15) is 5.75 Å². The first-order chi connectivity index (χ1) is 10.2. The molecular weight excluding hydrogens is 268 g/mol. The molecule has 1 N–H and O–H groups in total. The van der Waals surface area contributed by atoms with Crippen LogP contribution in [0.5, 0.6) is 5.75 Å². The molecular formula is C17H22O4. The second kappa shape index (κ2) is 5.68. The number of ether oxygens (including phenoxy) is 2. The largest absolute Gasteiger partial charge is 0.497 e. The van der Waals surface area contributed by atoms with Gasteiger partial charge in [0.05, 0.1) is 7.11 Å². The topological polar surface area (TPSA) is 55.8 Å². The molecule has 1 aromatic rings. The van der Waals surface area contributed by atoms with Gasteiger partial charge in [-0.25, -0.2) is 0 Å². The number of aryl methyl sites for hydroxylation is 1. The zero-order chi connectivity index (χ0) is 14.9. The molecule has 0 amide bonds. The highest BCUT2D eigenvalue weighted by atomic mass is 16.5. The fourth-order valence-electron chi connectivity index (χ4n) is 4.14. The van der Waals surface area contributed by atoms with Gasteiger partial charge in [-0.15, -0.1) is 0 Å². The standard InChI is InChI=1S/C17H22O4/c1-20-14-4-5-15-12(10-14)2-3-13(11-16(18)19)17(15)6-8-21-9-7-17/h4-5,10,13H,2-3,6-9,11H2,1H3,(H,18,19). The maximum absolute atomic E-state index is 11.3. The van der Waals surface area contributed by atoms with Crippen molar-refractivity contribution in [3.63, 3.8) is 0 Å². The van der Waals surface area contributed by atoms with Crippen molar-refractivity contribution in [3.8, 4) is 5.75 Å². The van der Waals surface area contributed by atoms with Crippen LogP contribution in [0.4, 0.5) is 0 Å². The van der Waals surface area contributed by atoms with Gasteiger partial charge in [0, 0.05) is 25.0 Å². The minimum atomic E-state index is -0.692. The summed E-state index contributed by atoms with van der Waals surface area (Å²) >= 11 is 0. The Labute approximate surface area is 125 Å². The van der Waals surface area contributed by atoms with Crippen LogP contribution < -0.4 is 4.74 Å². The lowest BCUT2D eigenvalue weighted by Crippen LogP contribution is -2.44. The second-order valence-electron chi connectivity index (χ2n) is 6.13. The van der Waals surface area contributed by atoms with Gasteiger partial charge in [-0.05, 0) is 54.9 Å². The molecule has 3 rings (SSSR count). The monoisotopic (exact) mass is 290 g/mol. The summed E-state index contributed by atoms with van der Waals surface area (Å²) in [5.41, 5.74) is 2.61. The second-order valence-corrected chi connectivity index (χ2v) is 6.13. The van der Waals surface area contributed by atoms with Gasteiger partial charge >= 0.3 is 5.97 Å². The molecule has 0 bridgehead atoms. The molecule has 1 unspecified atom stereocenters. The Balaban J connectivity index is 2.02. The van der Waals surface area contributed by atoms with E-state index >= 15 is 0 Å². The van der Waals surface area contributed by atoms with E-state index in [2.05, 4.69) is 12.1 Å². The Hall–Kier alpha value is -1.55. The third-order valence-corrected chi connectivity index (χ3v) is 5.20. The summed E-state index contributed by atoms with van der Waals surface area (Å²) in [5.74, 6) is 0.398. The highest BCUT2D eigenvalue weighted by Gasteiger charge is 2.45. The number of carbonyl (C=O) groups is 1. The summed E-state index contributed by atoms with van der Waals surface area (Å²) in [7, 11) is 1.68. The average molecular weight is 290 g/mol. The molecule has 1 aliphatic carbocycles. The lowest BCUT2D eigenvalue weighted by atomic mass is 9.58. The van der Waals surface area contributed by atoms with E-state index in [1.54, 1.807) is 7.11 Å². The van der Waals surface area contributed by atoms with Crippen LogP contribution in [0.2, 0.25) is 0 Å². The van der Waals surface area contributed by atoms with Gasteiger partial charge in [0.15, 0.2) is 0 Å². The molecule has 0 aromatic heterocycles. The van der Waals surface area contributed by atoms with Gasteiger partial charge < -0.3 is 14.6 Å². The van der Waals surface area contributed by atoms with Crippen molar-refractivity contribution in [2.24, 2.45) is 5.92 Å². The predicted octanol–water partition coefficient (Wildman–Crippen LogP) is 2.78. The zero-order valence-corrected chi connectivity index (χ0v) is 12.4. The fourth-order valence-corrected chi connectivity index (χ4v) is 4.14. The Morgan fingerprint density at radius 1 is 1.43 bits per heavy atom. The zero-order valence-electron chi connectivity index (χ0n) is 12.4. The molecule has 1 heterocycles. The third-order valence-electron chi connectivity index (χ3n) is 5.20. The summed E-state index contributed by atoms with van der Waals surface area (Å²) < 4.78 is 10.9. The van der Waals surface area contributed by atoms with E-state index in [9.17, 15) is 9.90 Å². The summed E-state index contributed by atoms with van der Waals surface area (Å²) in [4.78, 5) is 11.3. The number of carboxylic acid groups (broad SMARTS) is 1. The van der Waals surface area contributed by atoms with E-state index in [1.165, 1.54) is 11.1 Å². The van der Waals surface area contributed by atoms with Gasteiger partial charge in [-0.2, -0.15) is 0 Å². The van der Waals surface area contributed by atoms with Crippen LogP contribution in [0, 0.1) is 5.92 Å². The quantitative estimate of drug-likeness (QED) is 0.930. The number of aliphatic carboxylic acids is 1. The van der Waals surface area contributed by atoms with Crippen molar-refractivity contribution in [2.75, 3.05) is 20.3 Å². The molecule has 21 heavy (non-hydrogen) atoms. The number of methoxy groups -OCH3 is 1. The number of benzene rings is 1. The molecule has 1 aromatic carbocycles. The van der Waals surface area contributed by atoms with E-state index in [-0.39, 0.29) is 17.8 Å². The average Bonchev–Trinajstić information content (AvgIpc) is 2.50. The smallest absolute Gasteiger partial charge is 0.303 e. The molecule has 1 saturated heterocycles. The number of carboxylic acids is 1. The lowest BCUT2D eigenvalue weighted by Gasteiger charge is -2.47. The summed E-state index contributed by atoms with van der Waals surface area (Å²) in [6, 6.07) is 6.26. The Morgan fingerprint density at radius 3 is 2.86 bits per heavy atom. The first-order valence-corrected chi connectivity index (χ1v) is 7.62. The molecule has 4 heteroatoms. The van der Waals surface area contributed by atoms with Crippen molar-refractivity contribution in [1.29, 1.82) is 0 Å². The van der Waals surface area contributed by atoms with Gasteiger partial charge in [0.2, 0.25) is 0 Å². The van der Waals surface area contributed by atoms with Crippen LogP contribution in [0.3, 0.4) is 0 Å². The Bertz CT molecular complexity index is 532. The van der Waals surface area contributed by atoms with Crippen LogP contribution in [-0.2, 0) is 21.4 Å². The molecule has 0 radical (unpaired) electrons. The fraction of sp³-hybridized carbons (Fsp3) is 0.588. The number of rotatable bonds is 3. The van der Waals surface area contributed by atoms with Gasteiger partial charge in [-0.3, -0.25) is 4.79 Å². The van der Waals surface area contributed by atoms with Gasteiger partial charge in [-0.1, -0.05) is 6.07 Å². The number of hydrogen-bond acceptors (Lipinski definition) is 3. The van der Waals surface area contributed by atoms with Gasteiger partial charge in [0.25, 0.3) is 0 Å². The Morgan fingerprint density at radius 2 is 2.19 bits per heavy atom. The van der Waals surface area contributed by atoms with Crippen molar-refractivity contribution >= 4 is 5.97 Å². The number of hydrogen-bond donors (Lipinski definition) is 1. The highest BCUT2D eigenvalue weighted by Crippen LogP contribution is 2.50. The molecule has 2 aliphatic rings. The third kappa shape index (κ3) is 2.53. The SMILES string of the molecule is COc1ccc2c(c1)CCC(CC(=O)O)C21CCOCC1. The maximum atomic E-state index is 11.3. The van der Waals surface area contributed by atoms with Crippen LogP contribution in [0.25, 0.3) is 0 Å². The minimum absolute atomic E-state index is 0.0313. The maximum Gasteiger partial charge on any atom is 0.303 e. The molecule has 1 spiro atoms.